The Morgan fingerprint density at radius 2 is 1.80 bits per heavy atom. The molecule has 0 aliphatic carbocycles. The molecule has 1 saturated heterocycles. The summed E-state index contributed by atoms with van der Waals surface area (Å²) in [7, 11) is 0. The number of oxime groups is 1. The van der Waals surface area contributed by atoms with Gasteiger partial charge in [-0.2, -0.15) is 0 Å². The number of carbonyl (C=O) groups excluding carboxylic acids is 1. The number of para-hydroxylation sites is 1. The predicted molar refractivity (Wildman–Crippen MR) is 114 cm³/mol. The van der Waals surface area contributed by atoms with E-state index in [1.807, 2.05) is 54.6 Å². The molecule has 0 radical (unpaired) electrons. The molecule has 3 aromatic rings. The summed E-state index contributed by atoms with van der Waals surface area (Å²) in [6.45, 7) is 2.25. The van der Waals surface area contributed by atoms with Crippen molar-refractivity contribution in [2.75, 3.05) is 19.7 Å². The SMILES string of the molecule is O=C(CON=Cc1ccccc1)N=Nc1c(O)n(CN2CCCC2)c2ccccc12. The Morgan fingerprint density at radius 1 is 1.07 bits per heavy atom. The summed E-state index contributed by atoms with van der Waals surface area (Å²) in [5.74, 6) is -0.585. The molecule has 1 aromatic heterocycles. The standard InChI is InChI=1S/C22H23N5O3/c28-20(15-30-23-14-17-8-2-1-3-9-17)24-25-21-18-10-4-5-11-19(18)27(22(21)29)16-26-12-6-7-13-26/h1-5,8-11,14,29H,6-7,12-13,15-16H2. The normalized spacial score (nSPS) is 14.9. The Labute approximate surface area is 174 Å². The highest BCUT2D eigenvalue weighted by Crippen LogP contribution is 2.39. The zero-order valence-corrected chi connectivity index (χ0v) is 16.5. The van der Waals surface area contributed by atoms with Crippen molar-refractivity contribution in [1.29, 1.82) is 0 Å². The average Bonchev–Trinajstić information content (AvgIpc) is 3.38. The van der Waals surface area contributed by atoms with Crippen LogP contribution in [0, 0.1) is 0 Å². The number of carbonyl (C=O) groups is 1. The fourth-order valence-corrected chi connectivity index (χ4v) is 3.50. The molecule has 2 heterocycles. The van der Waals surface area contributed by atoms with Gasteiger partial charge in [0, 0.05) is 5.39 Å². The molecule has 154 valence electrons. The zero-order chi connectivity index (χ0) is 20.8. The van der Waals surface area contributed by atoms with E-state index in [1.54, 1.807) is 4.57 Å². The van der Waals surface area contributed by atoms with Crippen molar-refractivity contribution < 1.29 is 14.7 Å². The first kappa shape index (κ1) is 19.8. The fourth-order valence-electron chi connectivity index (χ4n) is 3.50. The van der Waals surface area contributed by atoms with Crippen LogP contribution in [-0.4, -0.2) is 46.4 Å². The lowest BCUT2D eigenvalue weighted by Gasteiger charge is -2.17. The van der Waals surface area contributed by atoms with Gasteiger partial charge in [-0.05, 0) is 37.6 Å². The van der Waals surface area contributed by atoms with Crippen LogP contribution in [0.4, 0.5) is 5.69 Å². The van der Waals surface area contributed by atoms with Crippen LogP contribution in [0.2, 0.25) is 0 Å². The molecule has 1 N–H and O–H groups in total. The molecule has 30 heavy (non-hydrogen) atoms. The van der Waals surface area contributed by atoms with E-state index >= 15 is 0 Å². The molecule has 8 heteroatoms. The van der Waals surface area contributed by atoms with Crippen LogP contribution in [0.5, 0.6) is 5.88 Å². The van der Waals surface area contributed by atoms with Gasteiger partial charge in [0.2, 0.25) is 5.88 Å². The Kier molecular flexibility index (Phi) is 6.14. The first-order valence-electron chi connectivity index (χ1n) is 9.90. The highest BCUT2D eigenvalue weighted by atomic mass is 16.6. The van der Waals surface area contributed by atoms with E-state index in [1.165, 1.54) is 6.21 Å². The molecule has 1 amide bonds. The summed E-state index contributed by atoms with van der Waals surface area (Å²) in [5, 5.41) is 23.0. The first-order chi connectivity index (χ1) is 14.7. The maximum absolute atomic E-state index is 12.0. The molecule has 0 atom stereocenters. The summed E-state index contributed by atoms with van der Waals surface area (Å²) in [6.07, 6.45) is 3.84. The van der Waals surface area contributed by atoms with Crippen LogP contribution in [0.1, 0.15) is 18.4 Å². The Morgan fingerprint density at radius 3 is 2.60 bits per heavy atom. The van der Waals surface area contributed by atoms with Crippen LogP contribution in [-0.2, 0) is 16.3 Å². The number of likely N-dealkylation sites (tertiary alicyclic amines) is 1. The monoisotopic (exact) mass is 405 g/mol. The molecule has 0 bridgehead atoms. The van der Waals surface area contributed by atoms with Crippen LogP contribution < -0.4 is 0 Å². The third-order valence-electron chi connectivity index (χ3n) is 4.98. The van der Waals surface area contributed by atoms with Crippen molar-refractivity contribution >= 4 is 28.7 Å². The minimum atomic E-state index is -0.587. The maximum Gasteiger partial charge on any atom is 0.304 e. The number of benzene rings is 2. The van der Waals surface area contributed by atoms with Gasteiger partial charge in [0.05, 0.1) is 18.4 Å². The fraction of sp³-hybridized carbons (Fsp3) is 0.273. The van der Waals surface area contributed by atoms with Gasteiger partial charge in [0.1, 0.15) is 0 Å². The molecule has 1 aliphatic heterocycles. The summed E-state index contributed by atoms with van der Waals surface area (Å²) >= 11 is 0. The van der Waals surface area contributed by atoms with Gasteiger partial charge in [-0.25, -0.2) is 0 Å². The van der Waals surface area contributed by atoms with E-state index in [2.05, 4.69) is 20.3 Å². The Bertz CT molecular complexity index is 1070. The second-order valence-corrected chi connectivity index (χ2v) is 7.10. The molecule has 0 unspecified atom stereocenters. The molecular weight excluding hydrogens is 382 g/mol. The van der Waals surface area contributed by atoms with Crippen molar-refractivity contribution in [3.63, 3.8) is 0 Å². The summed E-state index contributed by atoms with van der Waals surface area (Å²) < 4.78 is 1.81. The summed E-state index contributed by atoms with van der Waals surface area (Å²) in [4.78, 5) is 19.3. The van der Waals surface area contributed by atoms with E-state index < -0.39 is 5.91 Å². The first-order valence-corrected chi connectivity index (χ1v) is 9.90. The molecular formula is C22H23N5O3. The van der Waals surface area contributed by atoms with Gasteiger partial charge in [-0.3, -0.25) is 14.3 Å². The smallest absolute Gasteiger partial charge is 0.304 e. The molecule has 8 nitrogen and oxygen atoms in total. The average molecular weight is 405 g/mol. The molecule has 1 fully saturated rings. The second kappa shape index (κ2) is 9.32. The third-order valence-corrected chi connectivity index (χ3v) is 4.98. The lowest BCUT2D eigenvalue weighted by Crippen LogP contribution is -2.22. The number of nitrogens with zero attached hydrogens (tertiary/aromatic N) is 5. The quantitative estimate of drug-likeness (QED) is 0.364. The van der Waals surface area contributed by atoms with Crippen molar-refractivity contribution in [2.24, 2.45) is 15.4 Å². The van der Waals surface area contributed by atoms with Crippen molar-refractivity contribution in [2.45, 2.75) is 19.5 Å². The molecule has 2 aromatic carbocycles. The third kappa shape index (κ3) is 4.55. The van der Waals surface area contributed by atoms with E-state index in [9.17, 15) is 9.90 Å². The van der Waals surface area contributed by atoms with Crippen LogP contribution >= 0.6 is 0 Å². The summed E-state index contributed by atoms with van der Waals surface area (Å²) in [5.41, 5.74) is 2.00. The van der Waals surface area contributed by atoms with Gasteiger partial charge in [0.25, 0.3) is 0 Å². The topological polar surface area (TPSA) is 91.8 Å². The lowest BCUT2D eigenvalue weighted by molar-refractivity contribution is -0.122. The van der Waals surface area contributed by atoms with Gasteiger partial charge in [-0.15, -0.1) is 10.2 Å². The van der Waals surface area contributed by atoms with E-state index in [-0.39, 0.29) is 18.2 Å². The van der Waals surface area contributed by atoms with Gasteiger partial charge in [0.15, 0.2) is 12.3 Å². The molecule has 0 spiro atoms. The molecule has 0 saturated carbocycles. The number of amides is 1. The maximum atomic E-state index is 12.0. The zero-order valence-electron chi connectivity index (χ0n) is 16.5. The number of fused-ring (bicyclic) bond motifs is 1. The van der Waals surface area contributed by atoms with Crippen molar-refractivity contribution in [3.8, 4) is 5.88 Å². The van der Waals surface area contributed by atoms with Crippen molar-refractivity contribution in [1.82, 2.24) is 9.47 Å². The number of aromatic nitrogens is 1. The largest absolute Gasteiger partial charge is 0.493 e. The predicted octanol–water partition coefficient (Wildman–Crippen LogP) is 4.06. The van der Waals surface area contributed by atoms with Crippen molar-refractivity contribution in [3.05, 3.63) is 60.2 Å². The lowest BCUT2D eigenvalue weighted by atomic mass is 10.2. The minimum Gasteiger partial charge on any atom is -0.493 e. The number of hydrogen-bond acceptors (Lipinski definition) is 6. The van der Waals surface area contributed by atoms with Gasteiger partial charge < -0.3 is 9.94 Å². The number of azo groups is 1. The van der Waals surface area contributed by atoms with Crippen LogP contribution in [0.15, 0.2) is 70.0 Å². The highest BCUT2D eigenvalue weighted by Gasteiger charge is 2.20. The second-order valence-electron chi connectivity index (χ2n) is 7.10. The van der Waals surface area contributed by atoms with Crippen LogP contribution in [0.25, 0.3) is 10.9 Å². The highest BCUT2D eigenvalue weighted by molar-refractivity contribution is 5.95. The molecule has 1 aliphatic rings. The molecule has 4 rings (SSSR count). The Balaban J connectivity index is 1.44. The van der Waals surface area contributed by atoms with E-state index in [4.69, 9.17) is 4.84 Å². The Hall–Kier alpha value is -3.52. The van der Waals surface area contributed by atoms with Gasteiger partial charge in [-0.1, -0.05) is 53.7 Å². The number of aromatic hydroxyl groups is 1. The summed E-state index contributed by atoms with van der Waals surface area (Å²) in [6, 6.07) is 17.0. The van der Waals surface area contributed by atoms with E-state index in [0.717, 1.165) is 42.4 Å². The number of rotatable bonds is 7. The number of hydrogen-bond donors (Lipinski definition) is 1. The van der Waals surface area contributed by atoms with Crippen LogP contribution in [0.3, 0.4) is 0 Å². The van der Waals surface area contributed by atoms with Gasteiger partial charge >= 0.3 is 5.91 Å². The van der Waals surface area contributed by atoms with E-state index in [0.29, 0.717) is 6.67 Å². The minimum absolute atomic E-state index is 0.00247.